The number of hydrazine groups is 1. The number of hydrogen-bond donors (Lipinski definition) is 1. The van der Waals surface area contributed by atoms with Crippen LogP contribution in [0.2, 0.25) is 0 Å². The second-order valence-electron chi connectivity index (χ2n) is 6.75. The number of nitrogens with one attached hydrogen (secondary N) is 1. The third kappa shape index (κ3) is 3.41. The zero-order valence-electron chi connectivity index (χ0n) is 13.5. The average molecular weight is 288 g/mol. The van der Waals surface area contributed by atoms with E-state index in [1.165, 1.54) is 37.7 Å². The molecule has 1 saturated carbocycles. The first-order valence-corrected chi connectivity index (χ1v) is 8.37. The van der Waals surface area contributed by atoms with E-state index in [-0.39, 0.29) is 0 Å². The van der Waals surface area contributed by atoms with Gasteiger partial charge < -0.3 is 4.74 Å². The number of ether oxygens (including phenoxy) is 1. The van der Waals surface area contributed by atoms with Crippen molar-refractivity contribution in [3.05, 3.63) is 29.8 Å². The SMILES string of the molecule is COc1ccc(C(NN2C(C)CCCC2C)C2CC2)cc1. The van der Waals surface area contributed by atoms with E-state index >= 15 is 0 Å². The monoisotopic (exact) mass is 288 g/mol. The van der Waals surface area contributed by atoms with Crippen LogP contribution >= 0.6 is 0 Å². The molecule has 3 rings (SSSR count). The lowest BCUT2D eigenvalue weighted by Gasteiger charge is -2.41. The maximum atomic E-state index is 5.28. The highest BCUT2D eigenvalue weighted by molar-refractivity contribution is 5.30. The highest BCUT2D eigenvalue weighted by Gasteiger charge is 2.35. The van der Waals surface area contributed by atoms with Gasteiger partial charge in [0.1, 0.15) is 5.75 Å². The molecule has 3 nitrogen and oxygen atoms in total. The number of benzene rings is 1. The van der Waals surface area contributed by atoms with Crippen molar-refractivity contribution in [1.29, 1.82) is 0 Å². The van der Waals surface area contributed by atoms with Crippen molar-refractivity contribution < 1.29 is 4.74 Å². The van der Waals surface area contributed by atoms with Gasteiger partial charge in [0.05, 0.1) is 7.11 Å². The zero-order valence-corrected chi connectivity index (χ0v) is 13.5. The van der Waals surface area contributed by atoms with Gasteiger partial charge in [-0.05, 0) is 63.1 Å². The minimum Gasteiger partial charge on any atom is -0.497 e. The van der Waals surface area contributed by atoms with Crippen molar-refractivity contribution in [2.75, 3.05) is 7.11 Å². The lowest BCUT2D eigenvalue weighted by Crippen LogP contribution is -2.53. The van der Waals surface area contributed by atoms with E-state index in [0.717, 1.165) is 11.7 Å². The molecule has 0 aromatic heterocycles. The largest absolute Gasteiger partial charge is 0.497 e. The number of piperidine rings is 1. The van der Waals surface area contributed by atoms with Gasteiger partial charge in [-0.2, -0.15) is 0 Å². The number of methoxy groups -OCH3 is 1. The highest BCUT2D eigenvalue weighted by atomic mass is 16.5. The predicted octanol–water partition coefficient (Wildman–Crippen LogP) is 3.91. The van der Waals surface area contributed by atoms with Crippen LogP contribution in [0.15, 0.2) is 24.3 Å². The minimum absolute atomic E-state index is 0.457. The minimum atomic E-state index is 0.457. The van der Waals surface area contributed by atoms with Crippen LogP contribution in [0.5, 0.6) is 5.75 Å². The van der Waals surface area contributed by atoms with E-state index in [2.05, 4.69) is 48.5 Å². The number of nitrogens with zero attached hydrogens (tertiary/aromatic N) is 1. The van der Waals surface area contributed by atoms with Crippen molar-refractivity contribution in [3.8, 4) is 5.75 Å². The lowest BCUT2D eigenvalue weighted by molar-refractivity contribution is 0.0251. The molecule has 1 aliphatic heterocycles. The summed E-state index contributed by atoms with van der Waals surface area (Å²) >= 11 is 0. The molecule has 21 heavy (non-hydrogen) atoms. The fraction of sp³-hybridized carbons (Fsp3) is 0.667. The standard InChI is InChI=1S/C18H28N2O/c1-13-5-4-6-14(2)20(13)19-18(15-7-8-15)16-9-11-17(21-3)12-10-16/h9-15,18-19H,4-8H2,1-3H3. The van der Waals surface area contributed by atoms with Gasteiger partial charge in [0.25, 0.3) is 0 Å². The van der Waals surface area contributed by atoms with E-state index in [1.54, 1.807) is 7.11 Å². The molecule has 1 aliphatic carbocycles. The van der Waals surface area contributed by atoms with E-state index in [1.807, 2.05) is 0 Å². The Hall–Kier alpha value is -1.06. The van der Waals surface area contributed by atoms with Gasteiger partial charge >= 0.3 is 0 Å². The Morgan fingerprint density at radius 2 is 1.67 bits per heavy atom. The van der Waals surface area contributed by atoms with Crippen LogP contribution in [-0.4, -0.2) is 24.2 Å². The average Bonchev–Trinajstić information content (AvgIpc) is 3.32. The van der Waals surface area contributed by atoms with Crippen LogP contribution in [0.3, 0.4) is 0 Å². The molecule has 0 spiro atoms. The molecule has 1 aromatic rings. The molecule has 3 unspecified atom stereocenters. The predicted molar refractivity (Wildman–Crippen MR) is 86.2 cm³/mol. The number of rotatable bonds is 5. The Bertz CT molecular complexity index is 445. The topological polar surface area (TPSA) is 24.5 Å². The Morgan fingerprint density at radius 3 is 2.19 bits per heavy atom. The van der Waals surface area contributed by atoms with Crippen LogP contribution in [0.1, 0.15) is 57.6 Å². The second kappa shape index (κ2) is 6.37. The van der Waals surface area contributed by atoms with Gasteiger partial charge in [0.15, 0.2) is 0 Å². The van der Waals surface area contributed by atoms with Crippen molar-refractivity contribution in [1.82, 2.24) is 10.4 Å². The summed E-state index contributed by atoms with van der Waals surface area (Å²) in [6.45, 7) is 4.70. The van der Waals surface area contributed by atoms with Gasteiger partial charge in [0, 0.05) is 18.1 Å². The summed E-state index contributed by atoms with van der Waals surface area (Å²) in [7, 11) is 1.72. The fourth-order valence-electron chi connectivity index (χ4n) is 3.53. The molecule has 1 aromatic carbocycles. The second-order valence-corrected chi connectivity index (χ2v) is 6.75. The van der Waals surface area contributed by atoms with Gasteiger partial charge in [-0.15, -0.1) is 0 Å². The normalized spacial score (nSPS) is 28.3. The van der Waals surface area contributed by atoms with E-state index < -0.39 is 0 Å². The molecule has 1 saturated heterocycles. The molecular formula is C18H28N2O. The Balaban J connectivity index is 1.74. The molecule has 2 aliphatic rings. The van der Waals surface area contributed by atoms with Crippen LogP contribution in [0.25, 0.3) is 0 Å². The summed E-state index contributed by atoms with van der Waals surface area (Å²) in [6.07, 6.45) is 6.66. The molecule has 3 atom stereocenters. The van der Waals surface area contributed by atoms with Gasteiger partial charge in [-0.3, -0.25) is 0 Å². The molecule has 3 heteroatoms. The lowest BCUT2D eigenvalue weighted by atomic mass is 9.98. The van der Waals surface area contributed by atoms with E-state index in [4.69, 9.17) is 4.74 Å². The molecule has 2 fully saturated rings. The van der Waals surface area contributed by atoms with Gasteiger partial charge in [-0.1, -0.05) is 18.6 Å². The molecule has 116 valence electrons. The summed E-state index contributed by atoms with van der Waals surface area (Å²) < 4.78 is 5.28. The first-order chi connectivity index (χ1) is 10.2. The van der Waals surface area contributed by atoms with Crippen molar-refractivity contribution in [2.45, 2.75) is 64.1 Å². The zero-order chi connectivity index (χ0) is 14.8. The quantitative estimate of drug-likeness (QED) is 0.889. The molecule has 0 radical (unpaired) electrons. The van der Waals surface area contributed by atoms with Crippen molar-refractivity contribution >= 4 is 0 Å². The Morgan fingerprint density at radius 1 is 1.05 bits per heavy atom. The third-order valence-corrected chi connectivity index (χ3v) is 5.05. The van der Waals surface area contributed by atoms with E-state index in [9.17, 15) is 0 Å². The van der Waals surface area contributed by atoms with E-state index in [0.29, 0.717) is 18.1 Å². The molecule has 0 bridgehead atoms. The molecule has 1 N–H and O–H groups in total. The summed E-state index contributed by atoms with van der Waals surface area (Å²) in [4.78, 5) is 0. The molecular weight excluding hydrogens is 260 g/mol. The van der Waals surface area contributed by atoms with Crippen LogP contribution < -0.4 is 10.2 Å². The van der Waals surface area contributed by atoms with Crippen molar-refractivity contribution in [3.63, 3.8) is 0 Å². The van der Waals surface area contributed by atoms with Crippen LogP contribution in [0, 0.1) is 5.92 Å². The summed E-state index contributed by atoms with van der Waals surface area (Å²) in [5.74, 6) is 1.73. The first kappa shape index (κ1) is 14.9. The number of hydrogen-bond acceptors (Lipinski definition) is 3. The Labute approximate surface area is 128 Å². The summed E-state index contributed by atoms with van der Waals surface area (Å²) in [5.41, 5.74) is 5.26. The van der Waals surface area contributed by atoms with Crippen molar-refractivity contribution in [2.24, 2.45) is 5.92 Å². The summed E-state index contributed by atoms with van der Waals surface area (Å²) in [6, 6.07) is 10.3. The molecule has 0 amide bonds. The fourth-order valence-corrected chi connectivity index (χ4v) is 3.53. The maximum absolute atomic E-state index is 5.28. The maximum Gasteiger partial charge on any atom is 0.118 e. The summed E-state index contributed by atoms with van der Waals surface area (Å²) in [5, 5.41) is 2.51. The first-order valence-electron chi connectivity index (χ1n) is 8.37. The van der Waals surface area contributed by atoms with Crippen LogP contribution in [0.4, 0.5) is 0 Å². The highest BCUT2D eigenvalue weighted by Crippen LogP contribution is 2.42. The molecule has 1 heterocycles. The van der Waals surface area contributed by atoms with Gasteiger partial charge in [0.2, 0.25) is 0 Å². The van der Waals surface area contributed by atoms with Crippen LogP contribution in [-0.2, 0) is 0 Å². The smallest absolute Gasteiger partial charge is 0.118 e. The van der Waals surface area contributed by atoms with Gasteiger partial charge in [-0.25, -0.2) is 10.4 Å². The Kier molecular flexibility index (Phi) is 4.51. The third-order valence-electron chi connectivity index (χ3n) is 5.05.